The van der Waals surface area contributed by atoms with Crippen LogP contribution in [0.15, 0.2) is 18.2 Å². The van der Waals surface area contributed by atoms with Crippen LogP contribution in [0.4, 0.5) is 0 Å². The van der Waals surface area contributed by atoms with E-state index in [1.807, 2.05) is 19.1 Å². The highest BCUT2D eigenvalue weighted by atomic mass is 16.5. The van der Waals surface area contributed by atoms with Gasteiger partial charge in [-0.2, -0.15) is 0 Å². The molecular formula is C16H25NO2. The lowest BCUT2D eigenvalue weighted by molar-refractivity contribution is 0.282. The van der Waals surface area contributed by atoms with Crippen molar-refractivity contribution in [1.29, 1.82) is 0 Å². The molecule has 1 aromatic rings. The van der Waals surface area contributed by atoms with Gasteiger partial charge in [-0.15, -0.1) is 0 Å². The van der Waals surface area contributed by atoms with Gasteiger partial charge < -0.3 is 15.2 Å². The quantitative estimate of drug-likeness (QED) is 0.855. The molecule has 106 valence electrons. The van der Waals surface area contributed by atoms with Gasteiger partial charge in [0.1, 0.15) is 0 Å². The zero-order chi connectivity index (χ0) is 13.9. The number of nitrogens with one attached hydrogen (secondary N) is 1. The highest BCUT2D eigenvalue weighted by Gasteiger charge is 2.33. The molecule has 0 heterocycles. The summed E-state index contributed by atoms with van der Waals surface area (Å²) in [5, 5.41) is 13.3. The Morgan fingerprint density at radius 2 is 2.21 bits per heavy atom. The van der Waals surface area contributed by atoms with Crippen LogP contribution in [0.25, 0.3) is 0 Å². The summed E-state index contributed by atoms with van der Waals surface area (Å²) in [7, 11) is 0. The summed E-state index contributed by atoms with van der Waals surface area (Å²) in [5.74, 6) is 0.791. The molecule has 19 heavy (non-hydrogen) atoms. The standard InChI is InChI=1S/C16H25NO2/c1-4-19-14-10-12(7-8-13(14)18)11-17-15-6-5-9-16(15,2)3/h7-8,10,15,17-18H,4-6,9,11H2,1-3H3. The Bertz CT molecular complexity index is 429. The van der Waals surface area contributed by atoms with Crippen LogP contribution in [-0.2, 0) is 6.54 Å². The Morgan fingerprint density at radius 1 is 1.42 bits per heavy atom. The smallest absolute Gasteiger partial charge is 0.161 e. The highest BCUT2D eigenvalue weighted by Crippen LogP contribution is 2.37. The fourth-order valence-corrected chi connectivity index (χ4v) is 2.89. The summed E-state index contributed by atoms with van der Waals surface area (Å²) in [5.41, 5.74) is 1.54. The second-order valence-corrected chi connectivity index (χ2v) is 6.05. The summed E-state index contributed by atoms with van der Waals surface area (Å²) < 4.78 is 5.41. The van der Waals surface area contributed by atoms with Crippen LogP contribution in [0.3, 0.4) is 0 Å². The van der Waals surface area contributed by atoms with E-state index in [1.165, 1.54) is 19.3 Å². The van der Waals surface area contributed by atoms with Crippen LogP contribution in [0, 0.1) is 5.41 Å². The zero-order valence-corrected chi connectivity index (χ0v) is 12.2. The lowest BCUT2D eigenvalue weighted by atomic mass is 9.87. The summed E-state index contributed by atoms with van der Waals surface area (Å²) in [4.78, 5) is 0. The summed E-state index contributed by atoms with van der Waals surface area (Å²) in [6, 6.07) is 6.17. The third-order valence-corrected chi connectivity index (χ3v) is 4.13. The van der Waals surface area contributed by atoms with E-state index in [4.69, 9.17) is 4.74 Å². The van der Waals surface area contributed by atoms with Gasteiger partial charge in [0, 0.05) is 12.6 Å². The topological polar surface area (TPSA) is 41.5 Å². The van der Waals surface area contributed by atoms with E-state index in [2.05, 4.69) is 19.2 Å². The van der Waals surface area contributed by atoms with E-state index in [1.54, 1.807) is 6.07 Å². The maximum Gasteiger partial charge on any atom is 0.161 e. The van der Waals surface area contributed by atoms with Crippen molar-refractivity contribution in [2.24, 2.45) is 5.41 Å². The average Bonchev–Trinajstić information content (AvgIpc) is 2.70. The molecule has 0 aliphatic heterocycles. The Kier molecular flexibility index (Phi) is 4.35. The Balaban J connectivity index is 1.98. The molecule has 0 amide bonds. The minimum atomic E-state index is 0.215. The number of hydrogen-bond acceptors (Lipinski definition) is 3. The van der Waals surface area contributed by atoms with Gasteiger partial charge in [-0.1, -0.05) is 26.3 Å². The Labute approximate surface area is 116 Å². The fraction of sp³-hybridized carbons (Fsp3) is 0.625. The number of ether oxygens (including phenoxy) is 1. The van der Waals surface area contributed by atoms with Gasteiger partial charge in [0.15, 0.2) is 11.5 Å². The van der Waals surface area contributed by atoms with Crippen LogP contribution < -0.4 is 10.1 Å². The summed E-state index contributed by atoms with van der Waals surface area (Å²) in [6.07, 6.45) is 3.86. The third-order valence-electron chi connectivity index (χ3n) is 4.13. The Hall–Kier alpha value is -1.22. The summed E-state index contributed by atoms with van der Waals surface area (Å²) >= 11 is 0. The largest absolute Gasteiger partial charge is 0.504 e. The Morgan fingerprint density at radius 3 is 2.84 bits per heavy atom. The molecule has 0 saturated heterocycles. The summed E-state index contributed by atoms with van der Waals surface area (Å²) in [6.45, 7) is 7.99. The number of hydrogen-bond donors (Lipinski definition) is 2. The SMILES string of the molecule is CCOc1cc(CNC2CCCC2(C)C)ccc1O. The van der Waals surface area contributed by atoms with E-state index in [0.717, 1.165) is 12.1 Å². The van der Waals surface area contributed by atoms with E-state index in [0.29, 0.717) is 23.8 Å². The molecule has 1 fully saturated rings. The van der Waals surface area contributed by atoms with Crippen LogP contribution in [0.5, 0.6) is 11.5 Å². The van der Waals surface area contributed by atoms with Crippen LogP contribution >= 0.6 is 0 Å². The van der Waals surface area contributed by atoms with Crippen LogP contribution in [0.2, 0.25) is 0 Å². The second-order valence-electron chi connectivity index (χ2n) is 6.05. The highest BCUT2D eigenvalue weighted by molar-refractivity contribution is 5.41. The van der Waals surface area contributed by atoms with E-state index < -0.39 is 0 Å². The van der Waals surface area contributed by atoms with Gasteiger partial charge in [-0.3, -0.25) is 0 Å². The van der Waals surface area contributed by atoms with Crippen molar-refractivity contribution in [3.8, 4) is 11.5 Å². The normalized spacial score (nSPS) is 21.5. The van der Waals surface area contributed by atoms with Crippen molar-refractivity contribution in [2.45, 2.75) is 52.6 Å². The lowest BCUT2D eigenvalue weighted by Crippen LogP contribution is -2.37. The van der Waals surface area contributed by atoms with Gasteiger partial charge in [0.2, 0.25) is 0 Å². The number of benzene rings is 1. The molecule has 1 atom stereocenters. The van der Waals surface area contributed by atoms with E-state index in [-0.39, 0.29) is 5.75 Å². The first kappa shape index (κ1) is 14.2. The van der Waals surface area contributed by atoms with Crippen molar-refractivity contribution in [2.75, 3.05) is 6.61 Å². The first-order valence-electron chi connectivity index (χ1n) is 7.21. The minimum absolute atomic E-state index is 0.215. The van der Waals surface area contributed by atoms with Gasteiger partial charge in [0.05, 0.1) is 6.61 Å². The molecule has 0 radical (unpaired) electrons. The maximum atomic E-state index is 9.68. The maximum absolute atomic E-state index is 9.68. The predicted octanol–water partition coefficient (Wildman–Crippen LogP) is 3.46. The molecule has 2 N–H and O–H groups in total. The van der Waals surface area contributed by atoms with Gasteiger partial charge in [-0.25, -0.2) is 0 Å². The number of aromatic hydroxyl groups is 1. The van der Waals surface area contributed by atoms with Gasteiger partial charge in [0.25, 0.3) is 0 Å². The predicted molar refractivity (Wildman–Crippen MR) is 77.5 cm³/mol. The molecule has 0 aromatic heterocycles. The molecule has 2 rings (SSSR count). The zero-order valence-electron chi connectivity index (χ0n) is 12.2. The molecule has 1 aromatic carbocycles. The first-order valence-corrected chi connectivity index (χ1v) is 7.21. The van der Waals surface area contributed by atoms with Crippen molar-refractivity contribution in [1.82, 2.24) is 5.32 Å². The van der Waals surface area contributed by atoms with Gasteiger partial charge in [-0.05, 0) is 42.9 Å². The van der Waals surface area contributed by atoms with Crippen LogP contribution in [-0.4, -0.2) is 17.8 Å². The monoisotopic (exact) mass is 263 g/mol. The number of phenols is 1. The number of rotatable bonds is 5. The average molecular weight is 263 g/mol. The van der Waals surface area contributed by atoms with E-state index in [9.17, 15) is 5.11 Å². The van der Waals surface area contributed by atoms with Crippen molar-refractivity contribution < 1.29 is 9.84 Å². The second kappa shape index (κ2) is 5.83. The minimum Gasteiger partial charge on any atom is -0.504 e. The molecule has 0 bridgehead atoms. The third kappa shape index (κ3) is 3.41. The first-order chi connectivity index (χ1) is 9.03. The number of phenolic OH excluding ortho intramolecular Hbond substituents is 1. The molecule has 1 aliphatic carbocycles. The molecule has 1 saturated carbocycles. The lowest BCUT2D eigenvalue weighted by Gasteiger charge is -2.28. The van der Waals surface area contributed by atoms with Crippen molar-refractivity contribution in [3.05, 3.63) is 23.8 Å². The molecule has 3 nitrogen and oxygen atoms in total. The molecule has 1 unspecified atom stereocenters. The van der Waals surface area contributed by atoms with Crippen LogP contribution in [0.1, 0.15) is 45.6 Å². The molecule has 3 heteroatoms. The fourth-order valence-electron chi connectivity index (χ4n) is 2.89. The van der Waals surface area contributed by atoms with Crippen molar-refractivity contribution >= 4 is 0 Å². The van der Waals surface area contributed by atoms with E-state index >= 15 is 0 Å². The molecule has 1 aliphatic rings. The van der Waals surface area contributed by atoms with Gasteiger partial charge >= 0.3 is 0 Å². The molecular weight excluding hydrogens is 238 g/mol. The molecule has 0 spiro atoms. The van der Waals surface area contributed by atoms with Crippen molar-refractivity contribution in [3.63, 3.8) is 0 Å².